The first-order valence-electron chi connectivity index (χ1n) is 13.4. The maximum Gasteiger partial charge on any atom is 0.338 e. The van der Waals surface area contributed by atoms with Crippen LogP contribution in [0.25, 0.3) is 0 Å². The second-order valence-electron chi connectivity index (χ2n) is 12.4. The normalized spacial score (nSPS) is 44.6. The van der Waals surface area contributed by atoms with Gasteiger partial charge in [0, 0.05) is 30.6 Å². The van der Waals surface area contributed by atoms with Crippen LogP contribution in [-0.4, -0.2) is 91.9 Å². The topological polar surface area (TPSA) is 163 Å². The lowest BCUT2D eigenvalue weighted by Crippen LogP contribution is -2.82. The van der Waals surface area contributed by atoms with Gasteiger partial charge in [-0.05, 0) is 30.2 Å². The molecule has 0 spiro atoms. The molecule has 39 heavy (non-hydrogen) atoms. The fraction of sp³-hybridized carbons (Fsp3) is 0.655. The molecule has 2 saturated carbocycles. The minimum atomic E-state index is -2.02. The van der Waals surface area contributed by atoms with Crippen molar-refractivity contribution in [2.45, 2.75) is 95.3 Å². The van der Waals surface area contributed by atoms with Crippen LogP contribution < -0.4 is 0 Å². The minimum Gasteiger partial charge on any atom is -0.455 e. The van der Waals surface area contributed by atoms with Crippen LogP contribution in [0, 0.1) is 16.7 Å². The van der Waals surface area contributed by atoms with Gasteiger partial charge in [-0.3, -0.25) is 4.79 Å². The highest BCUT2D eigenvalue weighted by Crippen LogP contribution is 2.64. The van der Waals surface area contributed by atoms with Crippen molar-refractivity contribution in [1.29, 1.82) is 0 Å². The van der Waals surface area contributed by atoms with Crippen LogP contribution in [0.5, 0.6) is 0 Å². The summed E-state index contributed by atoms with van der Waals surface area (Å²) in [6.45, 7) is 7.57. The number of rotatable bonds is 3. The summed E-state index contributed by atoms with van der Waals surface area (Å²) in [5.41, 5.74) is -5.70. The Kier molecular flexibility index (Phi) is 6.57. The predicted molar refractivity (Wildman–Crippen MR) is 136 cm³/mol. The van der Waals surface area contributed by atoms with E-state index in [1.807, 2.05) is 0 Å². The number of aliphatic hydroxyl groups excluding tert-OH is 4. The van der Waals surface area contributed by atoms with E-state index in [4.69, 9.17) is 14.2 Å². The maximum absolute atomic E-state index is 13.6. The third-order valence-electron chi connectivity index (χ3n) is 10.2. The molecular formula is C29H38O10. The van der Waals surface area contributed by atoms with Gasteiger partial charge in [-0.25, -0.2) is 4.79 Å². The number of benzene rings is 1. The van der Waals surface area contributed by atoms with Gasteiger partial charge < -0.3 is 39.7 Å². The summed E-state index contributed by atoms with van der Waals surface area (Å²) in [7, 11) is 0. The molecule has 0 radical (unpaired) electrons. The summed E-state index contributed by atoms with van der Waals surface area (Å²) < 4.78 is 17.8. The van der Waals surface area contributed by atoms with E-state index in [0.717, 1.165) is 0 Å². The fourth-order valence-electron chi connectivity index (χ4n) is 7.88. The second kappa shape index (κ2) is 9.09. The zero-order valence-corrected chi connectivity index (χ0v) is 22.8. The first-order chi connectivity index (χ1) is 18.1. The molecule has 10 atom stereocenters. The highest BCUT2D eigenvalue weighted by molar-refractivity contribution is 5.89. The van der Waals surface area contributed by atoms with Gasteiger partial charge in [0.2, 0.25) is 0 Å². The Morgan fingerprint density at radius 1 is 1.05 bits per heavy atom. The van der Waals surface area contributed by atoms with Gasteiger partial charge in [-0.15, -0.1) is 0 Å². The zero-order chi connectivity index (χ0) is 28.7. The standard InChI is InChI=1S/C29H38O10/c1-14-17(31)12-29(36)24(38-25(35)16-9-7-6-8-10-16)22-27(5,23(34)21(33)20(14)26(29,3)4)18(32)11-19-28(22,13-37-19)39-15(2)30/h6-10,17-19,21-24,31-34,36H,11-13H2,1-5H3/t17?,18-,19+,21+,22-,23?,24-,27+,28-,29+/m0/s1. The summed E-state index contributed by atoms with van der Waals surface area (Å²) in [4.78, 5) is 26.0. The van der Waals surface area contributed by atoms with Crippen molar-refractivity contribution in [3.63, 3.8) is 0 Å². The summed E-state index contributed by atoms with van der Waals surface area (Å²) in [6.07, 6.45) is -8.38. The molecule has 2 bridgehead atoms. The highest BCUT2D eigenvalue weighted by atomic mass is 16.6. The van der Waals surface area contributed by atoms with Gasteiger partial charge in [-0.2, -0.15) is 0 Å². The molecule has 0 aromatic heterocycles. The lowest BCUT2D eigenvalue weighted by molar-refractivity contribution is -0.365. The smallest absolute Gasteiger partial charge is 0.338 e. The molecule has 3 aliphatic carbocycles. The summed E-state index contributed by atoms with van der Waals surface area (Å²) in [6, 6.07) is 8.16. The molecule has 1 aromatic carbocycles. The fourth-order valence-corrected chi connectivity index (χ4v) is 7.88. The lowest BCUT2D eigenvalue weighted by atomic mass is 9.44. The van der Waals surface area contributed by atoms with Gasteiger partial charge in [0.25, 0.3) is 0 Å². The van der Waals surface area contributed by atoms with Crippen molar-refractivity contribution in [3.8, 4) is 0 Å². The van der Waals surface area contributed by atoms with Crippen LogP contribution in [-0.2, 0) is 19.0 Å². The van der Waals surface area contributed by atoms with Crippen LogP contribution in [0.3, 0.4) is 0 Å². The zero-order valence-electron chi connectivity index (χ0n) is 22.8. The molecule has 0 amide bonds. The monoisotopic (exact) mass is 546 g/mol. The van der Waals surface area contributed by atoms with Crippen LogP contribution in [0.2, 0.25) is 0 Å². The molecule has 3 fully saturated rings. The van der Waals surface area contributed by atoms with Crippen molar-refractivity contribution in [3.05, 3.63) is 47.0 Å². The van der Waals surface area contributed by atoms with E-state index >= 15 is 0 Å². The molecule has 1 heterocycles. The van der Waals surface area contributed by atoms with E-state index in [2.05, 4.69) is 0 Å². The largest absolute Gasteiger partial charge is 0.455 e. The maximum atomic E-state index is 13.6. The summed E-state index contributed by atoms with van der Waals surface area (Å²) in [5, 5.41) is 58.8. The van der Waals surface area contributed by atoms with Gasteiger partial charge >= 0.3 is 11.9 Å². The third-order valence-corrected chi connectivity index (χ3v) is 10.2. The Balaban J connectivity index is 1.80. The number of esters is 2. The Hall–Kier alpha value is -2.34. The summed E-state index contributed by atoms with van der Waals surface area (Å²) in [5.74, 6) is -2.66. The molecule has 10 nitrogen and oxygen atoms in total. The SMILES string of the molecule is CC(=O)O[C@@]12CO[C@@H]1C[C@H](O)[C@@]1(C)C(O)[C@H](O)C3=C(C)C(O)C[C@@](O)([C@@H](OC(=O)c4ccccc4)[C@H]21)C3(C)C. The van der Waals surface area contributed by atoms with Crippen molar-refractivity contribution >= 4 is 11.9 Å². The molecule has 1 aliphatic heterocycles. The molecule has 4 aliphatic rings. The van der Waals surface area contributed by atoms with Crippen molar-refractivity contribution in [2.24, 2.45) is 16.7 Å². The van der Waals surface area contributed by atoms with Gasteiger partial charge in [0.15, 0.2) is 5.60 Å². The number of fused-ring (bicyclic) bond motifs is 5. The van der Waals surface area contributed by atoms with Crippen LogP contribution in [0.1, 0.15) is 57.8 Å². The first kappa shape index (κ1) is 28.2. The molecule has 5 rings (SSSR count). The quantitative estimate of drug-likeness (QED) is 0.272. The van der Waals surface area contributed by atoms with Crippen molar-refractivity contribution in [2.75, 3.05) is 6.61 Å². The number of carbonyl (C=O) groups is 2. The van der Waals surface area contributed by atoms with E-state index in [-0.39, 0.29) is 30.6 Å². The van der Waals surface area contributed by atoms with Gasteiger partial charge in [-0.1, -0.05) is 39.0 Å². The van der Waals surface area contributed by atoms with Crippen LogP contribution >= 0.6 is 0 Å². The number of ether oxygens (including phenoxy) is 3. The van der Waals surface area contributed by atoms with Gasteiger partial charge in [0.05, 0.1) is 36.4 Å². The number of hydrogen-bond donors (Lipinski definition) is 5. The van der Waals surface area contributed by atoms with Crippen molar-refractivity contribution < 1.29 is 49.3 Å². The second-order valence-corrected chi connectivity index (χ2v) is 12.4. The van der Waals surface area contributed by atoms with Crippen LogP contribution in [0.15, 0.2) is 41.5 Å². The van der Waals surface area contributed by atoms with E-state index < -0.39 is 76.5 Å². The highest BCUT2D eigenvalue weighted by Gasteiger charge is 2.77. The average Bonchev–Trinajstić information content (AvgIpc) is 2.87. The molecule has 2 unspecified atom stereocenters. The summed E-state index contributed by atoms with van der Waals surface area (Å²) >= 11 is 0. The number of carbonyl (C=O) groups excluding carboxylic acids is 2. The first-order valence-corrected chi connectivity index (χ1v) is 13.4. The molecule has 10 heteroatoms. The predicted octanol–water partition coefficient (Wildman–Crippen LogP) is 0.874. The Morgan fingerprint density at radius 2 is 1.69 bits per heavy atom. The molecule has 1 aromatic rings. The molecule has 214 valence electrons. The Morgan fingerprint density at radius 3 is 2.26 bits per heavy atom. The Labute approximate surface area is 227 Å². The van der Waals surface area contributed by atoms with Gasteiger partial charge in [0.1, 0.15) is 23.9 Å². The van der Waals surface area contributed by atoms with E-state index in [9.17, 15) is 35.1 Å². The van der Waals surface area contributed by atoms with Crippen molar-refractivity contribution in [1.82, 2.24) is 0 Å². The average molecular weight is 547 g/mol. The molecular weight excluding hydrogens is 508 g/mol. The van der Waals surface area contributed by atoms with E-state index in [0.29, 0.717) is 5.57 Å². The number of aliphatic hydroxyl groups is 5. The molecule has 5 N–H and O–H groups in total. The van der Waals surface area contributed by atoms with E-state index in [1.54, 1.807) is 58.0 Å². The lowest BCUT2D eigenvalue weighted by Gasteiger charge is -2.69. The minimum absolute atomic E-state index is 0.0219. The Bertz CT molecular complexity index is 1200. The third kappa shape index (κ3) is 3.69. The number of hydrogen-bond acceptors (Lipinski definition) is 10. The molecule has 1 saturated heterocycles. The van der Waals surface area contributed by atoms with Crippen LogP contribution in [0.4, 0.5) is 0 Å². The van der Waals surface area contributed by atoms with E-state index in [1.165, 1.54) is 6.92 Å².